The molecule has 0 amide bonds. The molecule has 0 saturated heterocycles. The van der Waals surface area contributed by atoms with E-state index in [0.717, 1.165) is 11.3 Å². The Balaban J connectivity index is 1.62. The Morgan fingerprint density at radius 2 is 1.71 bits per heavy atom. The number of nitrogens with zero attached hydrogens (tertiary/aromatic N) is 3. The van der Waals surface area contributed by atoms with Crippen molar-refractivity contribution in [2.45, 2.75) is 6.61 Å². The lowest BCUT2D eigenvalue weighted by Crippen LogP contribution is -2.00. The third kappa shape index (κ3) is 3.57. The predicted molar refractivity (Wildman–Crippen MR) is 104 cm³/mol. The van der Waals surface area contributed by atoms with E-state index >= 15 is 0 Å². The van der Waals surface area contributed by atoms with Crippen LogP contribution in [0.15, 0.2) is 53.1 Å². The highest BCUT2D eigenvalue weighted by Gasteiger charge is 2.15. The van der Waals surface area contributed by atoms with Gasteiger partial charge in [0.25, 0.3) is 0 Å². The first kappa shape index (κ1) is 18.1. The van der Waals surface area contributed by atoms with Crippen molar-refractivity contribution in [1.82, 2.24) is 15.1 Å². The molecule has 0 atom stereocenters. The molecule has 2 heterocycles. The van der Waals surface area contributed by atoms with Crippen molar-refractivity contribution in [3.8, 4) is 28.6 Å². The Kier molecular flexibility index (Phi) is 4.99. The van der Waals surface area contributed by atoms with Crippen molar-refractivity contribution in [2.24, 2.45) is 0 Å². The van der Waals surface area contributed by atoms with Gasteiger partial charge in [-0.15, -0.1) is 0 Å². The molecule has 7 nitrogen and oxygen atoms in total. The Labute approximate surface area is 165 Å². The standard InChI is InChI=1S/C20H16ClN3O4/c1-25-17-9-14-16(10-18(17)26-2)22-20(21)23-19(14)27-11-13-8-15(24-28-13)12-6-4-3-5-7-12/h3-10H,11H2,1-2H3. The van der Waals surface area contributed by atoms with Gasteiger partial charge < -0.3 is 18.7 Å². The quantitative estimate of drug-likeness (QED) is 0.442. The topological polar surface area (TPSA) is 79.5 Å². The van der Waals surface area contributed by atoms with E-state index in [-0.39, 0.29) is 11.9 Å². The second-order valence-electron chi connectivity index (χ2n) is 5.86. The first-order chi connectivity index (χ1) is 13.7. The molecule has 0 unspecified atom stereocenters. The fraction of sp³-hybridized carbons (Fsp3) is 0.150. The van der Waals surface area contributed by atoms with Crippen LogP contribution in [-0.2, 0) is 6.61 Å². The average molecular weight is 398 g/mol. The number of aromatic nitrogens is 3. The van der Waals surface area contributed by atoms with E-state index in [9.17, 15) is 0 Å². The minimum atomic E-state index is 0.0669. The van der Waals surface area contributed by atoms with Gasteiger partial charge in [-0.05, 0) is 17.7 Å². The molecule has 28 heavy (non-hydrogen) atoms. The summed E-state index contributed by atoms with van der Waals surface area (Å²) in [6.07, 6.45) is 0. The van der Waals surface area contributed by atoms with E-state index in [4.69, 9.17) is 30.3 Å². The number of benzene rings is 2. The fourth-order valence-corrected chi connectivity index (χ4v) is 2.94. The molecule has 0 fully saturated rings. The van der Waals surface area contributed by atoms with Crippen LogP contribution >= 0.6 is 11.6 Å². The van der Waals surface area contributed by atoms with E-state index in [1.165, 1.54) is 0 Å². The van der Waals surface area contributed by atoms with Crippen LogP contribution in [0.4, 0.5) is 0 Å². The molecular formula is C20H16ClN3O4. The highest BCUT2D eigenvalue weighted by Crippen LogP contribution is 2.35. The van der Waals surface area contributed by atoms with Crippen LogP contribution in [0.25, 0.3) is 22.2 Å². The highest BCUT2D eigenvalue weighted by atomic mass is 35.5. The number of halogens is 1. The summed E-state index contributed by atoms with van der Waals surface area (Å²) in [7, 11) is 3.11. The van der Waals surface area contributed by atoms with Gasteiger partial charge in [0.05, 0.1) is 25.1 Å². The molecule has 0 spiro atoms. The summed E-state index contributed by atoms with van der Waals surface area (Å²) in [5.74, 6) is 1.95. The number of ether oxygens (including phenoxy) is 3. The molecule has 4 rings (SSSR count). The summed E-state index contributed by atoms with van der Waals surface area (Å²) >= 11 is 6.05. The molecule has 0 aliphatic carbocycles. The van der Waals surface area contributed by atoms with Crippen LogP contribution in [0.5, 0.6) is 17.4 Å². The Hall–Kier alpha value is -3.32. The van der Waals surface area contributed by atoms with Gasteiger partial charge in [0, 0.05) is 17.7 Å². The van der Waals surface area contributed by atoms with E-state index in [1.54, 1.807) is 26.4 Å². The summed E-state index contributed by atoms with van der Waals surface area (Å²) in [4.78, 5) is 8.41. The van der Waals surface area contributed by atoms with Gasteiger partial charge in [-0.2, -0.15) is 4.98 Å². The predicted octanol–water partition coefficient (Wildman–Crippen LogP) is 4.53. The van der Waals surface area contributed by atoms with E-state index in [1.807, 2.05) is 36.4 Å². The average Bonchev–Trinajstić information content (AvgIpc) is 3.20. The van der Waals surface area contributed by atoms with Crippen LogP contribution in [0.2, 0.25) is 5.28 Å². The molecule has 8 heteroatoms. The molecular weight excluding hydrogens is 382 g/mol. The first-order valence-electron chi connectivity index (χ1n) is 8.41. The van der Waals surface area contributed by atoms with Crippen LogP contribution in [-0.4, -0.2) is 29.3 Å². The van der Waals surface area contributed by atoms with E-state index < -0.39 is 0 Å². The summed E-state index contributed by atoms with van der Waals surface area (Å²) in [5, 5.41) is 4.79. The van der Waals surface area contributed by atoms with Crippen molar-refractivity contribution in [3.63, 3.8) is 0 Å². The van der Waals surface area contributed by atoms with Crippen molar-refractivity contribution in [1.29, 1.82) is 0 Å². The minimum Gasteiger partial charge on any atom is -0.493 e. The van der Waals surface area contributed by atoms with Gasteiger partial charge in [-0.1, -0.05) is 35.5 Å². The summed E-state index contributed by atoms with van der Waals surface area (Å²) in [6.45, 7) is 0.136. The first-order valence-corrected chi connectivity index (χ1v) is 8.79. The van der Waals surface area contributed by atoms with Crippen LogP contribution in [0.3, 0.4) is 0 Å². The molecule has 0 bridgehead atoms. The van der Waals surface area contributed by atoms with Gasteiger partial charge in [0.15, 0.2) is 23.9 Å². The Morgan fingerprint density at radius 1 is 0.964 bits per heavy atom. The van der Waals surface area contributed by atoms with Crippen LogP contribution in [0, 0.1) is 0 Å². The number of fused-ring (bicyclic) bond motifs is 1. The van der Waals surface area contributed by atoms with Crippen molar-refractivity contribution >= 4 is 22.5 Å². The largest absolute Gasteiger partial charge is 0.493 e. The maximum atomic E-state index is 6.05. The van der Waals surface area contributed by atoms with Gasteiger partial charge in [-0.25, -0.2) is 4.98 Å². The highest BCUT2D eigenvalue weighted by molar-refractivity contribution is 6.28. The molecule has 0 aliphatic heterocycles. The Morgan fingerprint density at radius 3 is 2.46 bits per heavy atom. The molecule has 0 aliphatic rings. The summed E-state index contributed by atoms with van der Waals surface area (Å²) < 4.78 is 21.9. The molecule has 0 N–H and O–H groups in total. The molecule has 2 aromatic carbocycles. The molecule has 0 saturated carbocycles. The number of hydrogen-bond donors (Lipinski definition) is 0. The van der Waals surface area contributed by atoms with Gasteiger partial charge >= 0.3 is 0 Å². The van der Waals surface area contributed by atoms with Gasteiger partial charge in [0.1, 0.15) is 5.69 Å². The van der Waals surface area contributed by atoms with E-state index in [0.29, 0.717) is 34.0 Å². The Bertz CT molecular complexity index is 1120. The lowest BCUT2D eigenvalue weighted by molar-refractivity contribution is 0.244. The zero-order valence-corrected chi connectivity index (χ0v) is 15.9. The van der Waals surface area contributed by atoms with Crippen molar-refractivity contribution < 1.29 is 18.7 Å². The minimum absolute atomic E-state index is 0.0669. The third-order valence-electron chi connectivity index (χ3n) is 4.12. The zero-order valence-electron chi connectivity index (χ0n) is 15.2. The summed E-state index contributed by atoms with van der Waals surface area (Å²) in [5.41, 5.74) is 2.27. The molecule has 2 aromatic heterocycles. The third-order valence-corrected chi connectivity index (χ3v) is 4.29. The van der Waals surface area contributed by atoms with Gasteiger partial charge in [-0.3, -0.25) is 0 Å². The lowest BCUT2D eigenvalue weighted by Gasteiger charge is -2.11. The normalized spacial score (nSPS) is 10.8. The maximum Gasteiger partial charge on any atom is 0.226 e. The second kappa shape index (κ2) is 7.74. The zero-order chi connectivity index (χ0) is 19.5. The summed E-state index contributed by atoms with van der Waals surface area (Å²) in [6, 6.07) is 15.0. The number of hydrogen-bond acceptors (Lipinski definition) is 7. The molecule has 142 valence electrons. The smallest absolute Gasteiger partial charge is 0.226 e. The van der Waals surface area contributed by atoms with Crippen LogP contribution < -0.4 is 14.2 Å². The van der Waals surface area contributed by atoms with Crippen molar-refractivity contribution in [2.75, 3.05) is 14.2 Å². The van der Waals surface area contributed by atoms with E-state index in [2.05, 4.69) is 15.1 Å². The number of methoxy groups -OCH3 is 2. The molecule has 0 radical (unpaired) electrons. The monoisotopic (exact) mass is 397 g/mol. The van der Waals surface area contributed by atoms with Gasteiger partial charge in [0.2, 0.25) is 11.2 Å². The maximum absolute atomic E-state index is 6.05. The number of rotatable bonds is 6. The second-order valence-corrected chi connectivity index (χ2v) is 6.19. The lowest BCUT2D eigenvalue weighted by atomic mass is 10.1. The van der Waals surface area contributed by atoms with Crippen LogP contribution in [0.1, 0.15) is 5.76 Å². The SMILES string of the molecule is COc1cc2nc(Cl)nc(OCc3cc(-c4ccccc4)no3)c2cc1OC. The van der Waals surface area contributed by atoms with Crippen molar-refractivity contribution in [3.05, 3.63) is 59.6 Å². The fourth-order valence-electron chi connectivity index (χ4n) is 2.78. The molecule has 4 aromatic rings.